The molecule has 2 aromatic rings. The first kappa shape index (κ1) is 13.0. The van der Waals surface area contributed by atoms with Gasteiger partial charge >= 0.3 is 0 Å². The topological polar surface area (TPSA) is 85.6 Å². The molecule has 20 heavy (non-hydrogen) atoms. The van der Waals surface area contributed by atoms with Crippen molar-refractivity contribution in [3.63, 3.8) is 0 Å². The lowest BCUT2D eigenvalue weighted by Crippen LogP contribution is -2.29. The maximum absolute atomic E-state index is 12.0. The molecule has 7 nitrogen and oxygen atoms in total. The highest BCUT2D eigenvalue weighted by Gasteiger charge is 2.23. The van der Waals surface area contributed by atoms with E-state index in [-0.39, 0.29) is 22.8 Å². The molecule has 0 bridgehead atoms. The third-order valence-electron chi connectivity index (χ3n) is 3.23. The van der Waals surface area contributed by atoms with Crippen molar-refractivity contribution in [1.82, 2.24) is 30.0 Å². The number of aryl methyl sites for hydroxylation is 1. The zero-order valence-electron chi connectivity index (χ0n) is 10.9. The summed E-state index contributed by atoms with van der Waals surface area (Å²) in [5, 5.41) is 11.4. The second-order valence-electron chi connectivity index (χ2n) is 4.65. The number of rotatable bonds is 3. The number of carbonyl (C=O) groups excluding carboxylic acids is 1. The Bertz CT molecular complexity index is 638. The molecule has 1 unspecified atom stereocenters. The lowest BCUT2D eigenvalue weighted by molar-refractivity contribution is 0.0932. The van der Waals surface area contributed by atoms with E-state index in [1.54, 1.807) is 0 Å². The van der Waals surface area contributed by atoms with E-state index in [4.69, 9.17) is 11.6 Å². The molecule has 0 radical (unpaired) electrons. The van der Waals surface area contributed by atoms with E-state index in [2.05, 4.69) is 30.0 Å². The second-order valence-corrected chi connectivity index (χ2v) is 5.04. The van der Waals surface area contributed by atoms with Crippen LogP contribution in [0, 0.1) is 0 Å². The predicted molar refractivity (Wildman–Crippen MR) is 71.3 cm³/mol. The van der Waals surface area contributed by atoms with E-state index < -0.39 is 0 Å². The van der Waals surface area contributed by atoms with Crippen molar-refractivity contribution in [2.45, 2.75) is 32.4 Å². The van der Waals surface area contributed by atoms with E-state index in [1.165, 1.54) is 12.4 Å². The van der Waals surface area contributed by atoms with Gasteiger partial charge in [0.15, 0.2) is 5.82 Å². The maximum atomic E-state index is 12.0. The quantitative estimate of drug-likeness (QED) is 0.917. The van der Waals surface area contributed by atoms with E-state index in [9.17, 15) is 4.79 Å². The Hall–Kier alpha value is -2.02. The lowest BCUT2D eigenvalue weighted by Gasteiger charge is -2.13. The first-order valence-corrected chi connectivity index (χ1v) is 6.73. The molecule has 104 valence electrons. The normalized spacial score (nSPS) is 14.9. The largest absolute Gasteiger partial charge is 0.341 e. The molecule has 3 rings (SSSR count). The smallest absolute Gasteiger partial charge is 0.272 e. The Labute approximate surface area is 120 Å². The van der Waals surface area contributed by atoms with Crippen molar-refractivity contribution in [2.75, 3.05) is 0 Å². The van der Waals surface area contributed by atoms with Crippen LogP contribution < -0.4 is 5.32 Å². The summed E-state index contributed by atoms with van der Waals surface area (Å²) in [6.45, 7) is 2.77. The summed E-state index contributed by atoms with van der Waals surface area (Å²) in [5.74, 6) is 1.44. The van der Waals surface area contributed by atoms with Gasteiger partial charge in [0.2, 0.25) is 0 Å². The molecule has 1 amide bonds. The Balaban J connectivity index is 1.73. The molecule has 1 atom stereocenters. The highest BCUT2D eigenvalue weighted by Crippen LogP contribution is 2.19. The van der Waals surface area contributed by atoms with Gasteiger partial charge in [0.05, 0.1) is 18.4 Å². The van der Waals surface area contributed by atoms with Crippen molar-refractivity contribution in [2.24, 2.45) is 0 Å². The van der Waals surface area contributed by atoms with Crippen LogP contribution in [-0.4, -0.2) is 30.6 Å². The SMILES string of the molecule is CC(NC(=O)c1cnc(Cl)cn1)c1nnc2n1CCC2. The van der Waals surface area contributed by atoms with Crippen LogP contribution in [0.1, 0.15) is 41.5 Å². The van der Waals surface area contributed by atoms with Gasteiger partial charge in [-0.25, -0.2) is 9.97 Å². The average Bonchev–Trinajstić information content (AvgIpc) is 3.01. The summed E-state index contributed by atoms with van der Waals surface area (Å²) in [5.41, 5.74) is 0.224. The van der Waals surface area contributed by atoms with Gasteiger partial charge in [0, 0.05) is 13.0 Å². The molecule has 0 fully saturated rings. The summed E-state index contributed by atoms with van der Waals surface area (Å²) in [6, 6.07) is -0.237. The second kappa shape index (κ2) is 5.16. The van der Waals surface area contributed by atoms with Crippen LogP contribution in [0.2, 0.25) is 5.15 Å². The molecule has 1 aliphatic rings. The zero-order chi connectivity index (χ0) is 14.1. The number of nitrogens with zero attached hydrogens (tertiary/aromatic N) is 5. The number of amides is 1. The van der Waals surface area contributed by atoms with Gasteiger partial charge in [-0.05, 0) is 13.3 Å². The van der Waals surface area contributed by atoms with E-state index in [1.807, 2.05) is 6.92 Å². The molecule has 2 aromatic heterocycles. The van der Waals surface area contributed by atoms with Gasteiger partial charge in [-0.3, -0.25) is 4.79 Å². The molecule has 0 aromatic carbocycles. The highest BCUT2D eigenvalue weighted by atomic mass is 35.5. The van der Waals surface area contributed by atoms with Crippen molar-refractivity contribution < 1.29 is 4.79 Å². The standard InChI is InChI=1S/C12H13ClN6O/c1-7(11-18-17-10-3-2-4-19(10)11)16-12(20)8-5-15-9(13)6-14-8/h5-7H,2-4H2,1H3,(H,16,20). The van der Waals surface area contributed by atoms with Crippen LogP contribution in [0.4, 0.5) is 0 Å². The number of carbonyl (C=O) groups is 1. The minimum absolute atomic E-state index is 0.224. The fourth-order valence-corrected chi connectivity index (χ4v) is 2.36. The van der Waals surface area contributed by atoms with Gasteiger partial charge in [0.1, 0.15) is 16.7 Å². The molecule has 0 saturated heterocycles. The number of nitrogens with one attached hydrogen (secondary N) is 1. The van der Waals surface area contributed by atoms with Gasteiger partial charge in [0.25, 0.3) is 5.91 Å². The molecule has 0 saturated carbocycles. The molecule has 8 heteroatoms. The molecule has 1 N–H and O–H groups in total. The lowest BCUT2D eigenvalue weighted by atomic mass is 10.3. The van der Waals surface area contributed by atoms with E-state index in [0.29, 0.717) is 0 Å². The third kappa shape index (κ3) is 2.36. The molecule has 0 aliphatic carbocycles. The molecular formula is C12H13ClN6O. The fourth-order valence-electron chi connectivity index (χ4n) is 2.26. The van der Waals surface area contributed by atoms with Gasteiger partial charge < -0.3 is 9.88 Å². The number of hydrogen-bond acceptors (Lipinski definition) is 5. The van der Waals surface area contributed by atoms with Crippen molar-refractivity contribution in [3.05, 3.63) is 34.9 Å². The van der Waals surface area contributed by atoms with Crippen LogP contribution >= 0.6 is 11.6 Å². The maximum Gasteiger partial charge on any atom is 0.272 e. The molecule has 3 heterocycles. The Morgan fingerprint density at radius 2 is 2.25 bits per heavy atom. The van der Waals surface area contributed by atoms with Crippen LogP contribution in [0.15, 0.2) is 12.4 Å². The van der Waals surface area contributed by atoms with Crippen molar-refractivity contribution >= 4 is 17.5 Å². The summed E-state index contributed by atoms with van der Waals surface area (Å²) in [7, 11) is 0. The summed E-state index contributed by atoms with van der Waals surface area (Å²) >= 11 is 5.64. The first-order valence-electron chi connectivity index (χ1n) is 6.35. The Morgan fingerprint density at radius 1 is 1.40 bits per heavy atom. The minimum atomic E-state index is -0.308. The van der Waals surface area contributed by atoms with Crippen molar-refractivity contribution in [3.8, 4) is 0 Å². The van der Waals surface area contributed by atoms with Gasteiger partial charge in [-0.15, -0.1) is 10.2 Å². The minimum Gasteiger partial charge on any atom is -0.341 e. The van der Waals surface area contributed by atoms with Crippen LogP contribution in [-0.2, 0) is 13.0 Å². The van der Waals surface area contributed by atoms with E-state index >= 15 is 0 Å². The van der Waals surface area contributed by atoms with Crippen LogP contribution in [0.25, 0.3) is 0 Å². The fraction of sp³-hybridized carbons (Fsp3) is 0.417. The molecular weight excluding hydrogens is 280 g/mol. The van der Waals surface area contributed by atoms with Gasteiger partial charge in [-0.2, -0.15) is 0 Å². The molecule has 1 aliphatic heterocycles. The van der Waals surface area contributed by atoms with Crippen LogP contribution in [0.5, 0.6) is 0 Å². The van der Waals surface area contributed by atoms with Crippen molar-refractivity contribution in [1.29, 1.82) is 0 Å². The zero-order valence-corrected chi connectivity index (χ0v) is 11.6. The Kier molecular flexibility index (Phi) is 3.35. The number of halogens is 1. The first-order chi connectivity index (χ1) is 9.65. The number of hydrogen-bond donors (Lipinski definition) is 1. The predicted octanol–water partition coefficient (Wildman–Crippen LogP) is 1.16. The number of fused-ring (bicyclic) bond motifs is 1. The monoisotopic (exact) mass is 292 g/mol. The van der Waals surface area contributed by atoms with Crippen LogP contribution in [0.3, 0.4) is 0 Å². The summed E-state index contributed by atoms with van der Waals surface area (Å²) in [6.07, 6.45) is 4.70. The summed E-state index contributed by atoms with van der Waals surface area (Å²) in [4.78, 5) is 19.8. The van der Waals surface area contributed by atoms with Gasteiger partial charge in [-0.1, -0.05) is 11.6 Å². The third-order valence-corrected chi connectivity index (χ3v) is 3.42. The summed E-state index contributed by atoms with van der Waals surface area (Å²) < 4.78 is 2.05. The molecule has 0 spiro atoms. The Morgan fingerprint density at radius 3 is 3.00 bits per heavy atom. The number of aromatic nitrogens is 5. The average molecular weight is 293 g/mol. The highest BCUT2D eigenvalue weighted by molar-refractivity contribution is 6.29. The van der Waals surface area contributed by atoms with E-state index in [0.717, 1.165) is 31.0 Å².